The molecule has 5 aromatic rings. The van der Waals surface area contributed by atoms with Gasteiger partial charge in [0.1, 0.15) is 0 Å². The van der Waals surface area contributed by atoms with E-state index in [1.54, 1.807) is 0 Å². The first-order valence-electron chi connectivity index (χ1n) is 16.0. The minimum absolute atomic E-state index is 0.125. The van der Waals surface area contributed by atoms with Crippen molar-refractivity contribution in [3.05, 3.63) is 150 Å². The first kappa shape index (κ1) is 39.0. The highest BCUT2D eigenvalue weighted by molar-refractivity contribution is 5.78. The van der Waals surface area contributed by atoms with E-state index in [9.17, 15) is 14.7 Å². The van der Waals surface area contributed by atoms with Crippen LogP contribution in [-0.4, -0.2) is 81.9 Å². The molecule has 0 amide bonds. The van der Waals surface area contributed by atoms with Gasteiger partial charge in [0, 0.05) is 14.2 Å². The molecule has 0 aliphatic rings. The summed E-state index contributed by atoms with van der Waals surface area (Å²) in [5, 5.41) is 10.5. The van der Waals surface area contributed by atoms with Gasteiger partial charge in [0.2, 0.25) is 17.9 Å². The zero-order valence-corrected chi connectivity index (χ0v) is 29.8. The summed E-state index contributed by atoms with van der Waals surface area (Å²) in [5.74, 6) is -0.981. The number of nitrogens with zero attached hydrogens (tertiary/aromatic N) is 2. The normalized spacial score (nSPS) is 12.3. The second kappa shape index (κ2) is 18.4. The lowest BCUT2D eigenvalue weighted by atomic mass is 9.81. The summed E-state index contributed by atoms with van der Waals surface area (Å²) in [6.07, 6.45) is -2.76. The summed E-state index contributed by atoms with van der Waals surface area (Å²) >= 11 is 0. The number of ether oxygens (including phenoxy) is 7. The van der Waals surface area contributed by atoms with E-state index in [1.165, 1.54) is 48.7 Å². The van der Waals surface area contributed by atoms with Gasteiger partial charge in [-0.1, -0.05) is 121 Å². The Hall–Kier alpha value is -5.82. The number of benzene rings is 4. The third kappa shape index (κ3) is 8.21. The molecule has 0 spiro atoms. The van der Waals surface area contributed by atoms with E-state index >= 15 is 0 Å². The van der Waals surface area contributed by atoms with Crippen LogP contribution in [-0.2, 0) is 39.7 Å². The Morgan fingerprint density at radius 2 is 0.885 bits per heavy atom. The molecule has 0 saturated carbocycles. The highest BCUT2D eigenvalue weighted by Gasteiger charge is 2.50. The van der Waals surface area contributed by atoms with Crippen LogP contribution in [0.1, 0.15) is 22.3 Å². The summed E-state index contributed by atoms with van der Waals surface area (Å²) in [6.45, 7) is 0. The molecule has 1 N–H and O–H groups in total. The number of methoxy groups -OCH3 is 6. The van der Waals surface area contributed by atoms with Crippen LogP contribution in [0.5, 0.6) is 17.8 Å². The van der Waals surface area contributed by atoms with Crippen LogP contribution in [0.4, 0.5) is 0 Å². The average molecular weight is 711 g/mol. The lowest BCUT2D eigenvalue weighted by Gasteiger charge is -2.38. The fraction of sp³-hybridized carbons (Fsp3) is 0.250. The van der Waals surface area contributed by atoms with Crippen LogP contribution in [0.25, 0.3) is 0 Å². The van der Waals surface area contributed by atoms with Gasteiger partial charge in [-0.05, 0) is 22.3 Å². The van der Waals surface area contributed by atoms with Crippen molar-refractivity contribution >= 4 is 11.9 Å². The van der Waals surface area contributed by atoms with Crippen molar-refractivity contribution in [2.45, 2.75) is 23.4 Å². The molecular weight excluding hydrogens is 668 g/mol. The predicted octanol–water partition coefficient (Wildman–Crippen LogP) is 5.11. The molecule has 1 heterocycles. The smallest absolute Gasteiger partial charge is 0.351 e. The van der Waals surface area contributed by atoms with Crippen LogP contribution in [0, 0.1) is 0 Å². The van der Waals surface area contributed by atoms with E-state index in [0.717, 1.165) is 0 Å². The molecule has 0 aliphatic carbocycles. The van der Waals surface area contributed by atoms with Crippen molar-refractivity contribution in [2.75, 3.05) is 42.7 Å². The minimum atomic E-state index is -1.47. The predicted molar refractivity (Wildman–Crippen MR) is 191 cm³/mol. The number of hydrogen-bond acceptors (Lipinski definition) is 12. The number of carbonyl (C=O) groups is 2. The van der Waals surface area contributed by atoms with Crippen LogP contribution >= 0.6 is 0 Å². The number of carbonyl (C=O) groups excluding carboxylic acids is 2. The van der Waals surface area contributed by atoms with Crippen molar-refractivity contribution in [1.29, 1.82) is 0 Å². The van der Waals surface area contributed by atoms with Gasteiger partial charge in [0.05, 0.1) is 34.5 Å². The van der Waals surface area contributed by atoms with Crippen LogP contribution in [0.15, 0.2) is 127 Å². The first-order chi connectivity index (χ1) is 25.2. The van der Waals surface area contributed by atoms with Gasteiger partial charge in [-0.25, -0.2) is 9.59 Å². The van der Waals surface area contributed by atoms with E-state index < -0.39 is 35.3 Å². The molecule has 12 nitrogen and oxygen atoms in total. The van der Waals surface area contributed by atoms with E-state index in [4.69, 9.17) is 33.2 Å². The number of rotatable bonds is 14. The molecular formula is C40H42N2O10. The van der Waals surface area contributed by atoms with Crippen LogP contribution in [0.2, 0.25) is 0 Å². The summed E-state index contributed by atoms with van der Waals surface area (Å²) in [4.78, 5) is 33.3. The maximum atomic E-state index is 13.0. The van der Waals surface area contributed by atoms with Gasteiger partial charge in [-0.2, -0.15) is 9.97 Å². The molecule has 0 saturated heterocycles. The average Bonchev–Trinajstić information content (AvgIpc) is 3.22. The van der Waals surface area contributed by atoms with Gasteiger partial charge >= 0.3 is 17.9 Å². The standard InChI is InChI=1S/C23H24N2O6.C17H18O4/c1-27-18-15-19(28-2)25-22(24-18)31-20(21(26)29-3)23(30-4,16-11-7-5-8-12-16)17-13-9-6-10-14-17;1-20-16(19)15(18)17(21-2,13-9-5-3-6-10-13)14-11-7-4-8-12-14/h5-15,20H,1-4H3;3-12,15,18H,1-2H3. The Morgan fingerprint density at radius 3 is 1.19 bits per heavy atom. The quantitative estimate of drug-likeness (QED) is 0.153. The Balaban J connectivity index is 0.000000251. The SMILES string of the molecule is COC(=O)C(O)C(OC)(c1ccccc1)c1ccccc1.COC(=O)C(Oc1nc(OC)cc(OC)n1)C(OC)(c1ccccc1)c1ccccc1. The van der Waals surface area contributed by atoms with Gasteiger partial charge in [-0.3, -0.25) is 0 Å². The van der Waals surface area contributed by atoms with E-state index in [0.29, 0.717) is 22.3 Å². The molecule has 272 valence electrons. The molecule has 0 bridgehead atoms. The largest absolute Gasteiger partial charge is 0.481 e. The van der Waals surface area contributed by atoms with Crippen molar-refractivity contribution in [3.63, 3.8) is 0 Å². The minimum Gasteiger partial charge on any atom is -0.481 e. The fourth-order valence-electron chi connectivity index (χ4n) is 5.82. The molecule has 12 heteroatoms. The lowest BCUT2D eigenvalue weighted by Crippen LogP contribution is -2.51. The summed E-state index contributed by atoms with van der Waals surface area (Å²) < 4.78 is 37.9. The van der Waals surface area contributed by atoms with Gasteiger partial charge in [0.25, 0.3) is 0 Å². The number of aliphatic hydroxyl groups excluding tert-OH is 1. The van der Waals surface area contributed by atoms with Crippen molar-refractivity contribution < 1.29 is 47.9 Å². The van der Waals surface area contributed by atoms with Gasteiger partial charge in [-0.15, -0.1) is 0 Å². The third-order valence-corrected chi connectivity index (χ3v) is 8.35. The Morgan fingerprint density at radius 1 is 0.538 bits per heavy atom. The van der Waals surface area contributed by atoms with Gasteiger partial charge < -0.3 is 38.3 Å². The molecule has 52 heavy (non-hydrogen) atoms. The number of hydrogen-bond donors (Lipinski definition) is 1. The molecule has 0 fully saturated rings. The highest BCUT2D eigenvalue weighted by atomic mass is 16.6. The molecule has 0 aliphatic heterocycles. The number of aliphatic hydroxyl groups is 1. The zero-order chi connectivity index (χ0) is 37.6. The number of aromatic nitrogens is 2. The molecule has 2 unspecified atom stereocenters. The number of esters is 2. The van der Waals surface area contributed by atoms with E-state index in [1.807, 2.05) is 121 Å². The van der Waals surface area contributed by atoms with Gasteiger partial charge in [0.15, 0.2) is 17.3 Å². The van der Waals surface area contributed by atoms with Crippen LogP contribution in [0.3, 0.4) is 0 Å². The maximum Gasteiger partial charge on any atom is 0.351 e. The summed E-state index contributed by atoms with van der Waals surface area (Å²) in [6, 6.07) is 38.2. The summed E-state index contributed by atoms with van der Waals surface area (Å²) in [7, 11) is 8.40. The molecule has 4 aromatic carbocycles. The third-order valence-electron chi connectivity index (χ3n) is 8.35. The van der Waals surface area contributed by atoms with Crippen molar-refractivity contribution in [3.8, 4) is 17.8 Å². The second-order valence-corrected chi connectivity index (χ2v) is 11.0. The maximum absolute atomic E-state index is 13.0. The molecule has 1 aromatic heterocycles. The summed E-state index contributed by atoms with van der Waals surface area (Å²) in [5.41, 5.74) is 0.0707. The van der Waals surface area contributed by atoms with E-state index in [-0.39, 0.29) is 17.8 Å². The molecule has 0 radical (unpaired) electrons. The second-order valence-electron chi connectivity index (χ2n) is 11.0. The van der Waals surface area contributed by atoms with E-state index in [2.05, 4.69) is 9.97 Å². The zero-order valence-electron chi connectivity index (χ0n) is 29.8. The van der Waals surface area contributed by atoms with Crippen LogP contribution < -0.4 is 14.2 Å². The Bertz CT molecular complexity index is 1740. The monoisotopic (exact) mass is 710 g/mol. The molecule has 5 rings (SSSR count). The Labute approximate surface area is 302 Å². The highest BCUT2D eigenvalue weighted by Crippen LogP contribution is 2.40. The Kier molecular flexibility index (Phi) is 13.8. The topological polar surface area (TPSA) is 145 Å². The first-order valence-corrected chi connectivity index (χ1v) is 16.0. The fourth-order valence-corrected chi connectivity index (χ4v) is 5.82. The van der Waals surface area contributed by atoms with Crippen molar-refractivity contribution in [1.82, 2.24) is 9.97 Å². The van der Waals surface area contributed by atoms with Crippen molar-refractivity contribution in [2.24, 2.45) is 0 Å². The molecule has 2 atom stereocenters. The lowest BCUT2D eigenvalue weighted by molar-refractivity contribution is -0.167.